The largest absolute Gasteiger partial charge is 0.508 e. The fourth-order valence-corrected chi connectivity index (χ4v) is 3.58. The second-order valence-electron chi connectivity index (χ2n) is 4.09. The molecule has 0 aliphatic carbocycles. The molecule has 0 fully saturated rings. The molecule has 1 heterocycles. The monoisotopic (exact) mass is 386 g/mol. The molecule has 0 saturated heterocycles. The molecule has 23 heavy (non-hydrogen) atoms. The van der Waals surface area contributed by atoms with Crippen LogP contribution in [0.1, 0.15) is 10.4 Å². The van der Waals surface area contributed by atoms with Crippen molar-refractivity contribution in [3.8, 4) is 5.75 Å². The van der Waals surface area contributed by atoms with Gasteiger partial charge in [-0.2, -0.15) is 13.2 Å². The van der Waals surface area contributed by atoms with Crippen LogP contribution in [0.5, 0.6) is 5.75 Å². The third-order valence-corrected chi connectivity index (χ3v) is 5.50. The van der Waals surface area contributed by atoms with Crippen molar-refractivity contribution in [1.82, 2.24) is 4.98 Å². The lowest BCUT2D eigenvalue weighted by Crippen LogP contribution is -2.22. The third-order valence-electron chi connectivity index (χ3n) is 2.42. The van der Waals surface area contributed by atoms with E-state index in [1.165, 1.54) is 12.1 Å². The van der Waals surface area contributed by atoms with Crippen molar-refractivity contribution < 1.29 is 31.5 Å². The zero-order valence-corrected chi connectivity index (χ0v) is 13.1. The summed E-state index contributed by atoms with van der Waals surface area (Å²) in [4.78, 5) is 15.3. The van der Waals surface area contributed by atoms with Gasteiger partial charge in [-0.25, -0.2) is 13.4 Å². The third kappa shape index (κ3) is 3.74. The first-order valence-corrected chi connectivity index (χ1v) is 8.26. The number of hydrogen-bond donors (Lipinski definition) is 2. The van der Waals surface area contributed by atoms with Gasteiger partial charge in [-0.15, -0.1) is 0 Å². The molecule has 12 heteroatoms. The van der Waals surface area contributed by atoms with Gasteiger partial charge in [0.25, 0.3) is 15.7 Å². The molecule has 2 aromatic rings. The van der Waals surface area contributed by atoms with Crippen LogP contribution in [0.3, 0.4) is 0 Å². The van der Waals surface area contributed by atoms with Crippen LogP contribution in [0.2, 0.25) is 5.02 Å². The zero-order valence-electron chi connectivity index (χ0n) is 10.8. The van der Waals surface area contributed by atoms with Gasteiger partial charge in [0, 0.05) is 10.6 Å². The van der Waals surface area contributed by atoms with E-state index in [1.807, 2.05) is 0 Å². The molecular formula is C11H6ClF3N2O4S2. The van der Waals surface area contributed by atoms with Crippen LogP contribution in [0, 0.1) is 0 Å². The summed E-state index contributed by atoms with van der Waals surface area (Å²) in [5.74, 6) is -1.12. The Morgan fingerprint density at radius 3 is 2.52 bits per heavy atom. The van der Waals surface area contributed by atoms with Gasteiger partial charge in [-0.1, -0.05) is 22.9 Å². The van der Waals surface area contributed by atoms with E-state index in [-0.39, 0.29) is 32.8 Å². The molecule has 0 aliphatic rings. The van der Waals surface area contributed by atoms with Crippen LogP contribution in [-0.4, -0.2) is 29.9 Å². The van der Waals surface area contributed by atoms with Crippen LogP contribution in [0.15, 0.2) is 28.6 Å². The summed E-state index contributed by atoms with van der Waals surface area (Å²) < 4.78 is 58.6. The van der Waals surface area contributed by atoms with Crippen molar-refractivity contribution in [3.05, 3.63) is 35.0 Å². The highest BCUT2D eigenvalue weighted by molar-refractivity contribution is 7.94. The van der Waals surface area contributed by atoms with Gasteiger partial charge in [0.2, 0.25) is 0 Å². The minimum Gasteiger partial charge on any atom is -0.508 e. The van der Waals surface area contributed by atoms with Crippen LogP contribution >= 0.6 is 22.9 Å². The number of thiazole rings is 1. The highest BCUT2D eigenvalue weighted by atomic mass is 35.5. The zero-order chi connectivity index (χ0) is 17.4. The Bertz CT molecular complexity index is 844. The second kappa shape index (κ2) is 5.98. The van der Waals surface area contributed by atoms with Crippen LogP contribution in [0.4, 0.5) is 18.3 Å². The van der Waals surface area contributed by atoms with Crippen LogP contribution in [-0.2, 0) is 9.84 Å². The molecular weight excluding hydrogens is 381 g/mol. The first kappa shape index (κ1) is 17.5. The number of aromatic hydroxyl groups is 1. The summed E-state index contributed by atoms with van der Waals surface area (Å²) in [5, 5.41) is 11.2. The molecule has 0 radical (unpaired) electrons. The number of sulfone groups is 1. The molecule has 2 rings (SSSR count). The number of hydrogen-bond acceptors (Lipinski definition) is 6. The molecule has 0 bridgehead atoms. The summed E-state index contributed by atoms with van der Waals surface area (Å²) in [5.41, 5.74) is -5.54. The molecule has 0 spiro atoms. The topological polar surface area (TPSA) is 96.4 Å². The Morgan fingerprint density at radius 1 is 1.30 bits per heavy atom. The molecule has 0 unspecified atom stereocenters. The Kier molecular flexibility index (Phi) is 4.55. The second-order valence-corrected chi connectivity index (χ2v) is 7.72. The molecule has 0 aliphatic heterocycles. The van der Waals surface area contributed by atoms with Gasteiger partial charge in [0.1, 0.15) is 5.75 Å². The maximum absolute atomic E-state index is 12.4. The number of carbonyl (C=O) groups is 1. The van der Waals surface area contributed by atoms with Gasteiger partial charge < -0.3 is 5.11 Å². The number of aromatic nitrogens is 1. The van der Waals surface area contributed by atoms with Crippen molar-refractivity contribution in [2.45, 2.75) is 9.72 Å². The van der Waals surface area contributed by atoms with Gasteiger partial charge in [-0.3, -0.25) is 10.1 Å². The molecule has 1 aromatic carbocycles. The lowest BCUT2D eigenvalue weighted by molar-refractivity contribution is -0.0434. The normalized spacial score (nSPS) is 12.2. The first-order valence-electron chi connectivity index (χ1n) is 5.59. The summed E-state index contributed by atoms with van der Waals surface area (Å²) >= 11 is 5.81. The predicted molar refractivity (Wildman–Crippen MR) is 76.4 cm³/mol. The number of alkyl halides is 3. The SMILES string of the molecule is O=C(Nc1ncc(S(=O)(=O)C(F)(F)F)s1)c1cc(O)cc(Cl)c1. The summed E-state index contributed by atoms with van der Waals surface area (Å²) in [7, 11) is -5.53. The van der Waals surface area contributed by atoms with E-state index >= 15 is 0 Å². The molecule has 1 amide bonds. The number of halogens is 4. The van der Waals surface area contributed by atoms with Gasteiger partial charge >= 0.3 is 5.51 Å². The van der Waals surface area contributed by atoms with E-state index in [0.29, 0.717) is 6.20 Å². The Balaban J connectivity index is 2.24. The minimum absolute atomic E-state index is 0.0645. The number of phenolic OH excluding ortho intramolecular Hbond substituents is 1. The number of phenols is 1. The van der Waals surface area contributed by atoms with Crippen molar-refractivity contribution in [1.29, 1.82) is 0 Å². The van der Waals surface area contributed by atoms with Gasteiger partial charge in [0.15, 0.2) is 9.34 Å². The molecule has 0 saturated carbocycles. The Hall–Kier alpha value is -1.85. The molecule has 1 aromatic heterocycles. The molecule has 6 nitrogen and oxygen atoms in total. The number of carbonyl (C=O) groups excluding carboxylic acids is 1. The van der Waals surface area contributed by atoms with E-state index in [0.717, 1.165) is 6.07 Å². The van der Waals surface area contributed by atoms with Crippen molar-refractivity contribution >= 4 is 43.8 Å². The highest BCUT2D eigenvalue weighted by Crippen LogP contribution is 2.34. The van der Waals surface area contributed by atoms with E-state index in [4.69, 9.17) is 11.6 Å². The van der Waals surface area contributed by atoms with Crippen molar-refractivity contribution in [2.75, 3.05) is 5.32 Å². The summed E-state index contributed by atoms with van der Waals surface area (Å²) in [6.45, 7) is 0. The summed E-state index contributed by atoms with van der Waals surface area (Å²) in [6.07, 6.45) is 0.499. The Morgan fingerprint density at radius 2 is 1.96 bits per heavy atom. The molecule has 124 valence electrons. The predicted octanol–water partition coefficient (Wildman–Crippen LogP) is 3.05. The van der Waals surface area contributed by atoms with Gasteiger partial charge in [-0.05, 0) is 18.2 Å². The van der Waals surface area contributed by atoms with Crippen LogP contribution in [0.25, 0.3) is 0 Å². The van der Waals surface area contributed by atoms with E-state index in [1.54, 1.807) is 0 Å². The fraction of sp³-hybridized carbons (Fsp3) is 0.0909. The average molecular weight is 387 g/mol. The van der Waals surface area contributed by atoms with Gasteiger partial charge in [0.05, 0.1) is 6.20 Å². The first-order chi connectivity index (χ1) is 10.5. The average Bonchev–Trinajstić information content (AvgIpc) is 2.85. The number of benzene rings is 1. The minimum atomic E-state index is -5.53. The fourth-order valence-electron chi connectivity index (χ4n) is 1.43. The van der Waals surface area contributed by atoms with E-state index in [2.05, 4.69) is 10.3 Å². The van der Waals surface area contributed by atoms with Crippen LogP contribution < -0.4 is 5.32 Å². The maximum Gasteiger partial charge on any atom is 0.502 e. The highest BCUT2D eigenvalue weighted by Gasteiger charge is 2.48. The smallest absolute Gasteiger partial charge is 0.502 e. The summed E-state index contributed by atoms with van der Waals surface area (Å²) in [6, 6.07) is 3.45. The number of anilines is 1. The molecule has 2 N–H and O–H groups in total. The lowest BCUT2D eigenvalue weighted by Gasteiger charge is -2.04. The van der Waals surface area contributed by atoms with Crippen molar-refractivity contribution in [3.63, 3.8) is 0 Å². The van der Waals surface area contributed by atoms with E-state index in [9.17, 15) is 31.5 Å². The number of nitrogens with one attached hydrogen (secondary N) is 1. The number of amides is 1. The lowest BCUT2D eigenvalue weighted by atomic mass is 10.2. The number of rotatable bonds is 3. The van der Waals surface area contributed by atoms with Crippen molar-refractivity contribution in [2.24, 2.45) is 0 Å². The van der Waals surface area contributed by atoms with E-state index < -0.39 is 25.5 Å². The number of nitrogens with zero attached hydrogens (tertiary/aromatic N) is 1. The quantitative estimate of drug-likeness (QED) is 0.845. The standard InChI is InChI=1S/C11H6ClF3N2O4S2/c12-6-1-5(2-7(18)3-6)9(19)17-10-16-4-8(22-10)23(20,21)11(13,14)15/h1-4,18H,(H,16,17,19). The Labute approximate surface area is 136 Å². The molecule has 0 atom stereocenters. The maximum atomic E-state index is 12.4.